The Balaban J connectivity index is 1.59. The summed E-state index contributed by atoms with van der Waals surface area (Å²) in [5.41, 5.74) is 3.38. The smallest absolute Gasteiger partial charge is 0.270 e. The van der Waals surface area contributed by atoms with Crippen LogP contribution in [0.1, 0.15) is 70.8 Å². The summed E-state index contributed by atoms with van der Waals surface area (Å²) in [4.78, 5) is 28.3. The van der Waals surface area contributed by atoms with Gasteiger partial charge in [-0.05, 0) is 43.7 Å². The molecule has 1 saturated heterocycles. The van der Waals surface area contributed by atoms with E-state index in [2.05, 4.69) is 16.8 Å². The van der Waals surface area contributed by atoms with Crippen molar-refractivity contribution in [2.75, 3.05) is 20.2 Å². The van der Waals surface area contributed by atoms with Gasteiger partial charge in [-0.3, -0.25) is 9.59 Å². The monoisotopic (exact) mass is 409 g/mol. The molecule has 2 atom stereocenters. The van der Waals surface area contributed by atoms with Gasteiger partial charge in [0.1, 0.15) is 5.69 Å². The maximum absolute atomic E-state index is 13.2. The van der Waals surface area contributed by atoms with Gasteiger partial charge in [0.25, 0.3) is 11.8 Å². The Hall–Kier alpha value is -2.60. The molecule has 0 spiro atoms. The van der Waals surface area contributed by atoms with Crippen LogP contribution in [-0.4, -0.2) is 47.6 Å². The molecular formula is C24H31N3O3. The first-order valence-electron chi connectivity index (χ1n) is 11.0. The van der Waals surface area contributed by atoms with Crippen molar-refractivity contribution in [2.24, 2.45) is 0 Å². The second-order valence-electron chi connectivity index (χ2n) is 8.24. The number of nitrogens with zero attached hydrogens (tertiary/aromatic N) is 2. The SMILES string of the molecule is CC[C@@H](NC(=O)c1cc(C(=O)N2CC[C@@H](OC)C2)n2c1CCCC2)c1ccccc1. The standard InChI is InChI=1S/C24H31N3O3/c1-3-20(17-9-5-4-6-10-17)25-23(28)19-15-22(27-13-8-7-11-21(19)27)24(29)26-14-12-18(16-26)30-2/h4-6,9-10,15,18,20H,3,7-8,11-14,16H2,1-2H3,(H,25,28)/t18-,20-/m1/s1. The summed E-state index contributed by atoms with van der Waals surface area (Å²) >= 11 is 0. The molecule has 0 unspecified atom stereocenters. The molecule has 2 aliphatic rings. The fourth-order valence-electron chi connectivity index (χ4n) is 4.66. The number of hydrogen-bond donors (Lipinski definition) is 1. The molecule has 0 aliphatic carbocycles. The zero-order valence-corrected chi connectivity index (χ0v) is 17.9. The van der Waals surface area contributed by atoms with Crippen molar-refractivity contribution in [3.05, 3.63) is 58.9 Å². The van der Waals surface area contributed by atoms with Gasteiger partial charge in [-0.1, -0.05) is 37.3 Å². The van der Waals surface area contributed by atoms with Crippen molar-refractivity contribution in [3.8, 4) is 0 Å². The summed E-state index contributed by atoms with van der Waals surface area (Å²) in [6.45, 7) is 4.18. The Morgan fingerprint density at radius 2 is 2.00 bits per heavy atom. The molecule has 30 heavy (non-hydrogen) atoms. The van der Waals surface area contributed by atoms with E-state index in [1.807, 2.05) is 41.3 Å². The summed E-state index contributed by atoms with van der Waals surface area (Å²) in [5, 5.41) is 3.19. The molecule has 0 radical (unpaired) electrons. The lowest BCUT2D eigenvalue weighted by atomic mass is 10.0. The molecule has 0 bridgehead atoms. The van der Waals surface area contributed by atoms with Crippen LogP contribution >= 0.6 is 0 Å². The number of rotatable bonds is 6. The van der Waals surface area contributed by atoms with Gasteiger partial charge in [-0.2, -0.15) is 0 Å². The fraction of sp³-hybridized carbons (Fsp3) is 0.500. The second-order valence-corrected chi connectivity index (χ2v) is 8.24. The molecule has 2 aliphatic heterocycles. The van der Waals surface area contributed by atoms with Crippen molar-refractivity contribution in [2.45, 2.75) is 57.7 Å². The lowest BCUT2D eigenvalue weighted by molar-refractivity contribution is 0.0713. The Labute approximate surface area is 178 Å². The van der Waals surface area contributed by atoms with E-state index in [1.54, 1.807) is 7.11 Å². The summed E-state index contributed by atoms with van der Waals surface area (Å²) in [6.07, 6.45) is 4.68. The number of amides is 2. The third-order valence-corrected chi connectivity index (χ3v) is 6.40. The molecule has 1 aromatic heterocycles. The Bertz CT molecular complexity index is 906. The van der Waals surface area contributed by atoms with Crippen LogP contribution in [0.15, 0.2) is 36.4 Å². The molecule has 1 N–H and O–H groups in total. The van der Waals surface area contributed by atoms with Crippen molar-refractivity contribution in [1.29, 1.82) is 0 Å². The number of ether oxygens (including phenoxy) is 1. The summed E-state index contributed by atoms with van der Waals surface area (Å²) < 4.78 is 7.49. The predicted molar refractivity (Wildman–Crippen MR) is 116 cm³/mol. The van der Waals surface area contributed by atoms with Crippen LogP contribution in [0, 0.1) is 0 Å². The third-order valence-electron chi connectivity index (χ3n) is 6.40. The minimum atomic E-state index is -0.0911. The molecule has 1 fully saturated rings. The van der Waals surface area contributed by atoms with Crippen LogP contribution in [0.5, 0.6) is 0 Å². The molecule has 160 valence electrons. The van der Waals surface area contributed by atoms with Crippen LogP contribution in [-0.2, 0) is 17.7 Å². The van der Waals surface area contributed by atoms with Crippen LogP contribution < -0.4 is 5.32 Å². The molecule has 0 saturated carbocycles. The van der Waals surface area contributed by atoms with Crippen LogP contribution in [0.3, 0.4) is 0 Å². The van der Waals surface area contributed by atoms with Crippen molar-refractivity contribution >= 4 is 11.8 Å². The van der Waals surface area contributed by atoms with Gasteiger partial charge in [0.15, 0.2) is 0 Å². The van der Waals surface area contributed by atoms with Gasteiger partial charge in [0, 0.05) is 32.4 Å². The number of carbonyl (C=O) groups excluding carboxylic acids is 2. The van der Waals surface area contributed by atoms with Crippen LogP contribution in [0.4, 0.5) is 0 Å². The molecule has 2 amide bonds. The van der Waals surface area contributed by atoms with E-state index in [1.165, 1.54) is 0 Å². The lowest BCUT2D eigenvalue weighted by Gasteiger charge is -2.22. The van der Waals surface area contributed by atoms with Gasteiger partial charge in [0.2, 0.25) is 0 Å². The number of fused-ring (bicyclic) bond motifs is 1. The van der Waals surface area contributed by atoms with E-state index in [-0.39, 0.29) is 24.0 Å². The highest BCUT2D eigenvalue weighted by molar-refractivity contribution is 6.01. The van der Waals surface area contributed by atoms with Crippen molar-refractivity contribution < 1.29 is 14.3 Å². The van der Waals surface area contributed by atoms with E-state index in [9.17, 15) is 9.59 Å². The molecule has 6 heteroatoms. The number of hydrogen-bond acceptors (Lipinski definition) is 3. The molecule has 1 aromatic carbocycles. The zero-order valence-electron chi connectivity index (χ0n) is 17.9. The quantitative estimate of drug-likeness (QED) is 0.793. The molecule has 6 nitrogen and oxygen atoms in total. The summed E-state index contributed by atoms with van der Waals surface area (Å²) in [5.74, 6) is -0.0848. The highest BCUT2D eigenvalue weighted by atomic mass is 16.5. The highest BCUT2D eigenvalue weighted by Gasteiger charge is 2.32. The average molecular weight is 410 g/mol. The van der Waals surface area contributed by atoms with Gasteiger partial charge in [-0.15, -0.1) is 0 Å². The van der Waals surface area contributed by atoms with Gasteiger partial charge >= 0.3 is 0 Å². The Morgan fingerprint density at radius 1 is 1.20 bits per heavy atom. The van der Waals surface area contributed by atoms with E-state index in [0.29, 0.717) is 24.3 Å². The molecule has 4 rings (SSSR count). The van der Waals surface area contributed by atoms with E-state index >= 15 is 0 Å². The van der Waals surface area contributed by atoms with Gasteiger partial charge in [0.05, 0.1) is 17.7 Å². The number of nitrogens with one attached hydrogen (secondary N) is 1. The van der Waals surface area contributed by atoms with Crippen LogP contribution in [0.25, 0.3) is 0 Å². The first kappa shape index (κ1) is 20.7. The van der Waals surface area contributed by atoms with Crippen molar-refractivity contribution in [1.82, 2.24) is 14.8 Å². The fourth-order valence-corrected chi connectivity index (χ4v) is 4.66. The van der Waals surface area contributed by atoms with Gasteiger partial charge in [-0.25, -0.2) is 0 Å². The second kappa shape index (κ2) is 9.04. The normalized spacial score (nSPS) is 19.4. The topological polar surface area (TPSA) is 63.6 Å². The number of likely N-dealkylation sites (tertiary alicyclic amines) is 1. The highest BCUT2D eigenvalue weighted by Crippen LogP contribution is 2.27. The van der Waals surface area contributed by atoms with E-state index in [0.717, 1.165) is 49.9 Å². The Kier molecular flexibility index (Phi) is 6.23. The van der Waals surface area contributed by atoms with E-state index in [4.69, 9.17) is 4.74 Å². The number of benzene rings is 1. The molecule has 2 aromatic rings. The number of aromatic nitrogens is 1. The number of carbonyl (C=O) groups is 2. The maximum atomic E-state index is 13.2. The maximum Gasteiger partial charge on any atom is 0.270 e. The molecule has 3 heterocycles. The predicted octanol–water partition coefficient (Wildman–Crippen LogP) is 3.57. The summed E-state index contributed by atoms with van der Waals surface area (Å²) in [7, 11) is 1.69. The van der Waals surface area contributed by atoms with Gasteiger partial charge < -0.3 is 19.5 Å². The van der Waals surface area contributed by atoms with Crippen molar-refractivity contribution in [3.63, 3.8) is 0 Å². The minimum absolute atomic E-state index is 0.00634. The van der Waals surface area contributed by atoms with Crippen LogP contribution in [0.2, 0.25) is 0 Å². The molecular weight excluding hydrogens is 378 g/mol. The first-order chi connectivity index (χ1) is 14.6. The summed E-state index contributed by atoms with van der Waals surface area (Å²) in [6, 6.07) is 11.8. The first-order valence-corrected chi connectivity index (χ1v) is 11.0. The van der Waals surface area contributed by atoms with E-state index < -0.39 is 0 Å². The third kappa shape index (κ3) is 4.01. The number of methoxy groups -OCH3 is 1. The average Bonchev–Trinajstić information content (AvgIpc) is 3.42. The largest absolute Gasteiger partial charge is 0.380 e. The minimum Gasteiger partial charge on any atom is -0.380 e. The Morgan fingerprint density at radius 3 is 2.70 bits per heavy atom. The zero-order chi connectivity index (χ0) is 21.1. The lowest BCUT2D eigenvalue weighted by Crippen LogP contribution is -2.32.